The van der Waals surface area contributed by atoms with E-state index < -0.39 is 0 Å². The summed E-state index contributed by atoms with van der Waals surface area (Å²) in [4.78, 5) is 0. The number of hydrogen-bond donors (Lipinski definition) is 1. The maximum Gasteiger partial charge on any atom is 0.119 e. The molecule has 0 fully saturated rings. The molecule has 1 aromatic rings. The highest BCUT2D eigenvalue weighted by atomic mass is 16.5. The van der Waals surface area contributed by atoms with Gasteiger partial charge in [0.1, 0.15) is 5.75 Å². The van der Waals surface area contributed by atoms with Gasteiger partial charge in [0, 0.05) is 5.56 Å². The summed E-state index contributed by atoms with van der Waals surface area (Å²) in [6.07, 6.45) is 4.13. The molecule has 1 aromatic carbocycles. The number of methoxy groups -OCH3 is 1. The summed E-state index contributed by atoms with van der Waals surface area (Å²) in [5.74, 6) is 0.816. The molecule has 3 nitrogen and oxygen atoms in total. The summed E-state index contributed by atoms with van der Waals surface area (Å²) >= 11 is 0. The minimum absolute atomic E-state index is 0.779. The predicted octanol–water partition coefficient (Wildman–Crippen LogP) is 2.60. The van der Waals surface area contributed by atoms with Crippen molar-refractivity contribution in [1.29, 1.82) is 0 Å². The SMILES string of the molecule is COc1ccc2c(c1)C(=NO)CCCC2. The van der Waals surface area contributed by atoms with Gasteiger partial charge in [-0.3, -0.25) is 0 Å². The maximum absolute atomic E-state index is 8.97. The van der Waals surface area contributed by atoms with Gasteiger partial charge in [-0.1, -0.05) is 11.2 Å². The van der Waals surface area contributed by atoms with Gasteiger partial charge in [-0.05, 0) is 43.4 Å². The Morgan fingerprint density at radius 3 is 2.80 bits per heavy atom. The van der Waals surface area contributed by atoms with Crippen molar-refractivity contribution in [2.24, 2.45) is 5.16 Å². The van der Waals surface area contributed by atoms with E-state index in [0.717, 1.165) is 42.7 Å². The molecule has 2 rings (SSSR count). The van der Waals surface area contributed by atoms with E-state index in [0.29, 0.717) is 0 Å². The standard InChI is InChI=1S/C12H15NO2/c1-15-10-7-6-9-4-2-3-5-12(13-14)11(9)8-10/h6-8,14H,2-5H2,1H3. The molecule has 0 saturated heterocycles. The van der Waals surface area contributed by atoms with Gasteiger partial charge in [0.25, 0.3) is 0 Å². The Kier molecular flexibility index (Phi) is 2.90. The lowest BCUT2D eigenvalue weighted by Gasteiger charge is -2.08. The van der Waals surface area contributed by atoms with Crippen LogP contribution in [0.25, 0.3) is 0 Å². The molecule has 0 aliphatic heterocycles. The molecule has 0 saturated carbocycles. The van der Waals surface area contributed by atoms with Gasteiger partial charge in [-0.25, -0.2) is 0 Å². The smallest absolute Gasteiger partial charge is 0.119 e. The lowest BCUT2D eigenvalue weighted by atomic mass is 10.0. The predicted molar refractivity (Wildman–Crippen MR) is 58.9 cm³/mol. The molecular formula is C12H15NO2. The Labute approximate surface area is 89.4 Å². The topological polar surface area (TPSA) is 41.8 Å². The summed E-state index contributed by atoms with van der Waals surface area (Å²) in [6, 6.07) is 5.97. The molecule has 0 unspecified atom stereocenters. The van der Waals surface area contributed by atoms with Crippen LogP contribution in [0.15, 0.2) is 23.4 Å². The third kappa shape index (κ3) is 1.96. The van der Waals surface area contributed by atoms with Crippen molar-refractivity contribution in [2.45, 2.75) is 25.7 Å². The molecule has 0 bridgehead atoms. The van der Waals surface area contributed by atoms with Gasteiger partial charge < -0.3 is 9.94 Å². The Bertz CT molecular complexity index is 385. The van der Waals surface area contributed by atoms with Crippen LogP contribution in [0.5, 0.6) is 5.75 Å². The van der Waals surface area contributed by atoms with E-state index in [9.17, 15) is 0 Å². The summed E-state index contributed by atoms with van der Waals surface area (Å²) in [7, 11) is 1.65. The average molecular weight is 205 g/mol. The first-order chi connectivity index (χ1) is 7.35. The van der Waals surface area contributed by atoms with Crippen LogP contribution < -0.4 is 4.74 Å². The molecule has 1 aliphatic rings. The van der Waals surface area contributed by atoms with Crippen molar-refractivity contribution in [3.05, 3.63) is 29.3 Å². The Morgan fingerprint density at radius 1 is 1.27 bits per heavy atom. The van der Waals surface area contributed by atoms with Gasteiger partial charge in [0.15, 0.2) is 0 Å². The monoisotopic (exact) mass is 205 g/mol. The highest BCUT2D eigenvalue weighted by Crippen LogP contribution is 2.25. The number of benzene rings is 1. The quantitative estimate of drug-likeness (QED) is 0.435. The molecule has 1 N–H and O–H groups in total. The summed E-state index contributed by atoms with van der Waals surface area (Å²) < 4.78 is 5.18. The van der Waals surface area contributed by atoms with Crippen LogP contribution in [-0.4, -0.2) is 18.0 Å². The third-order valence-corrected chi connectivity index (χ3v) is 2.86. The Balaban J connectivity index is 2.48. The van der Waals surface area contributed by atoms with Crippen molar-refractivity contribution in [2.75, 3.05) is 7.11 Å². The molecule has 0 heterocycles. The van der Waals surface area contributed by atoms with Crippen molar-refractivity contribution in [3.63, 3.8) is 0 Å². The minimum Gasteiger partial charge on any atom is -0.497 e. The van der Waals surface area contributed by atoms with Crippen LogP contribution in [0.4, 0.5) is 0 Å². The van der Waals surface area contributed by atoms with Crippen LogP contribution in [0.2, 0.25) is 0 Å². The lowest BCUT2D eigenvalue weighted by Crippen LogP contribution is -2.02. The van der Waals surface area contributed by atoms with E-state index in [1.54, 1.807) is 7.11 Å². The molecule has 0 atom stereocenters. The molecule has 80 valence electrons. The normalized spacial score (nSPS) is 18.3. The number of rotatable bonds is 1. The van der Waals surface area contributed by atoms with E-state index in [1.165, 1.54) is 5.56 Å². The van der Waals surface area contributed by atoms with Crippen molar-refractivity contribution >= 4 is 5.71 Å². The molecule has 0 spiro atoms. The molecule has 1 aliphatic carbocycles. The second-order valence-electron chi connectivity index (χ2n) is 3.78. The van der Waals surface area contributed by atoms with Crippen LogP contribution in [0.3, 0.4) is 0 Å². The highest BCUT2D eigenvalue weighted by molar-refractivity contribution is 6.02. The summed E-state index contributed by atoms with van der Waals surface area (Å²) in [6.45, 7) is 0. The highest BCUT2D eigenvalue weighted by Gasteiger charge is 2.14. The van der Waals surface area contributed by atoms with E-state index in [2.05, 4.69) is 11.2 Å². The van der Waals surface area contributed by atoms with Crippen LogP contribution in [0, 0.1) is 0 Å². The number of aryl methyl sites for hydroxylation is 1. The molecule has 15 heavy (non-hydrogen) atoms. The van der Waals surface area contributed by atoms with Crippen molar-refractivity contribution < 1.29 is 9.94 Å². The maximum atomic E-state index is 8.97. The first-order valence-electron chi connectivity index (χ1n) is 5.23. The largest absolute Gasteiger partial charge is 0.497 e. The van der Waals surface area contributed by atoms with Gasteiger partial charge in [0.2, 0.25) is 0 Å². The molecule has 0 radical (unpaired) electrons. The first-order valence-corrected chi connectivity index (χ1v) is 5.23. The number of fused-ring (bicyclic) bond motifs is 1. The van der Waals surface area contributed by atoms with E-state index in [1.807, 2.05) is 12.1 Å². The molecule has 3 heteroatoms. The van der Waals surface area contributed by atoms with E-state index >= 15 is 0 Å². The van der Waals surface area contributed by atoms with Gasteiger partial charge in [-0.2, -0.15) is 0 Å². The summed E-state index contributed by atoms with van der Waals surface area (Å²) in [5.41, 5.74) is 3.07. The zero-order chi connectivity index (χ0) is 10.7. The fraction of sp³-hybridized carbons (Fsp3) is 0.417. The van der Waals surface area contributed by atoms with Gasteiger partial charge in [0.05, 0.1) is 12.8 Å². The van der Waals surface area contributed by atoms with Crippen LogP contribution in [0.1, 0.15) is 30.4 Å². The minimum atomic E-state index is 0.779. The van der Waals surface area contributed by atoms with E-state index in [4.69, 9.17) is 9.94 Å². The number of nitrogens with zero attached hydrogens (tertiary/aromatic N) is 1. The Morgan fingerprint density at radius 2 is 2.07 bits per heavy atom. The van der Waals surface area contributed by atoms with Crippen LogP contribution in [-0.2, 0) is 6.42 Å². The molecule has 0 amide bonds. The molecular weight excluding hydrogens is 190 g/mol. The average Bonchev–Trinajstić information content (AvgIpc) is 2.49. The first kappa shape index (κ1) is 10.0. The Hall–Kier alpha value is -1.51. The van der Waals surface area contributed by atoms with Crippen molar-refractivity contribution in [3.8, 4) is 5.75 Å². The lowest BCUT2D eigenvalue weighted by molar-refractivity contribution is 0.318. The molecule has 0 aromatic heterocycles. The fourth-order valence-corrected chi connectivity index (χ4v) is 2.02. The zero-order valence-electron chi connectivity index (χ0n) is 8.86. The number of oxime groups is 1. The summed E-state index contributed by atoms with van der Waals surface area (Å²) in [5, 5.41) is 12.4. The van der Waals surface area contributed by atoms with Gasteiger partial charge in [-0.15, -0.1) is 0 Å². The number of ether oxygens (including phenoxy) is 1. The van der Waals surface area contributed by atoms with Crippen LogP contribution >= 0.6 is 0 Å². The second-order valence-corrected chi connectivity index (χ2v) is 3.78. The van der Waals surface area contributed by atoms with E-state index in [-0.39, 0.29) is 0 Å². The van der Waals surface area contributed by atoms with Crippen molar-refractivity contribution in [1.82, 2.24) is 0 Å². The third-order valence-electron chi connectivity index (χ3n) is 2.86. The fourth-order valence-electron chi connectivity index (χ4n) is 2.02. The second kappa shape index (κ2) is 4.34. The zero-order valence-corrected chi connectivity index (χ0v) is 8.86. The number of hydrogen-bond acceptors (Lipinski definition) is 3. The van der Waals surface area contributed by atoms with Gasteiger partial charge >= 0.3 is 0 Å².